The monoisotopic (exact) mass is 357 g/mol. The minimum Gasteiger partial charge on any atom is -0.481 e. The maximum absolute atomic E-state index is 13.5. The molecule has 0 radical (unpaired) electrons. The van der Waals surface area contributed by atoms with Crippen molar-refractivity contribution in [3.8, 4) is 0 Å². The van der Waals surface area contributed by atoms with E-state index in [4.69, 9.17) is 9.84 Å². The molecule has 1 aromatic rings. The maximum Gasteiger partial charge on any atom is 0.311 e. The summed E-state index contributed by atoms with van der Waals surface area (Å²) in [4.78, 5) is 22.7. The molecular weight excluding hydrogens is 345 g/mol. The predicted octanol–water partition coefficient (Wildman–Crippen LogP) is 1.82. The highest BCUT2D eigenvalue weighted by Crippen LogP contribution is 2.17. The van der Waals surface area contributed by atoms with E-state index in [2.05, 4.69) is 21.2 Å². The van der Waals surface area contributed by atoms with Crippen LogP contribution in [0.5, 0.6) is 0 Å². The number of nitrogens with one attached hydrogen (secondary N) is 1. The molecule has 1 aliphatic heterocycles. The molecule has 1 saturated heterocycles. The predicted molar refractivity (Wildman–Crippen MR) is 77.0 cm³/mol. The molecule has 1 aromatic carbocycles. The topological polar surface area (TPSA) is 75.6 Å². The summed E-state index contributed by atoms with van der Waals surface area (Å²) in [5, 5.41) is 11.5. The van der Waals surface area contributed by atoms with Gasteiger partial charge in [-0.15, -0.1) is 0 Å². The summed E-state index contributed by atoms with van der Waals surface area (Å²) >= 11 is 3.22. The van der Waals surface area contributed by atoms with Crippen LogP contribution < -0.4 is 5.32 Å². The molecule has 0 aromatic heterocycles. The van der Waals surface area contributed by atoms with Gasteiger partial charge >= 0.3 is 5.97 Å². The number of carboxylic acid groups (broad SMARTS) is 1. The van der Waals surface area contributed by atoms with Crippen LogP contribution in [0.25, 0.3) is 6.08 Å². The van der Waals surface area contributed by atoms with E-state index in [-0.39, 0.29) is 18.8 Å². The summed E-state index contributed by atoms with van der Waals surface area (Å²) in [5.41, 5.74) is 0.261. The molecule has 0 spiro atoms. The number of amides is 1. The van der Waals surface area contributed by atoms with E-state index >= 15 is 0 Å². The largest absolute Gasteiger partial charge is 0.481 e. The lowest BCUT2D eigenvalue weighted by Crippen LogP contribution is -2.41. The Morgan fingerprint density at radius 2 is 2.19 bits per heavy atom. The van der Waals surface area contributed by atoms with Gasteiger partial charge < -0.3 is 15.2 Å². The van der Waals surface area contributed by atoms with E-state index in [0.29, 0.717) is 4.47 Å². The van der Waals surface area contributed by atoms with Crippen molar-refractivity contribution in [3.05, 3.63) is 40.1 Å². The third-order valence-corrected chi connectivity index (χ3v) is 3.59. The van der Waals surface area contributed by atoms with Gasteiger partial charge in [-0.05, 0) is 24.3 Å². The highest BCUT2D eigenvalue weighted by atomic mass is 79.9. The van der Waals surface area contributed by atoms with E-state index in [1.807, 2.05) is 0 Å². The number of ether oxygens (including phenoxy) is 1. The highest BCUT2D eigenvalue weighted by molar-refractivity contribution is 9.10. The first-order valence-electron chi connectivity index (χ1n) is 6.21. The number of aliphatic carboxylic acids is 1. The highest BCUT2D eigenvalue weighted by Gasteiger charge is 2.34. The van der Waals surface area contributed by atoms with Crippen LogP contribution in [0.2, 0.25) is 0 Å². The lowest BCUT2D eigenvalue weighted by Gasteiger charge is -2.14. The van der Waals surface area contributed by atoms with Gasteiger partial charge in [0.25, 0.3) is 0 Å². The number of rotatable bonds is 4. The van der Waals surface area contributed by atoms with Crippen LogP contribution in [-0.2, 0) is 14.3 Å². The fourth-order valence-corrected chi connectivity index (χ4v) is 2.36. The lowest BCUT2D eigenvalue weighted by atomic mass is 10.0. The first-order valence-corrected chi connectivity index (χ1v) is 7.01. The average molecular weight is 358 g/mol. The molecule has 1 fully saturated rings. The zero-order valence-corrected chi connectivity index (χ0v) is 12.5. The third kappa shape index (κ3) is 4.12. The molecule has 1 heterocycles. The molecule has 2 unspecified atom stereocenters. The Morgan fingerprint density at radius 3 is 2.90 bits per heavy atom. The Bertz CT molecular complexity index is 590. The Morgan fingerprint density at radius 1 is 1.43 bits per heavy atom. The Labute approximate surface area is 128 Å². The second-order valence-corrected chi connectivity index (χ2v) is 5.51. The molecule has 112 valence electrons. The molecule has 7 heteroatoms. The lowest BCUT2D eigenvalue weighted by molar-refractivity contribution is -0.142. The van der Waals surface area contributed by atoms with E-state index < -0.39 is 29.7 Å². The molecule has 0 bridgehead atoms. The Kier molecular flexibility index (Phi) is 5.08. The smallest absolute Gasteiger partial charge is 0.311 e. The number of hydrogen-bond acceptors (Lipinski definition) is 3. The van der Waals surface area contributed by atoms with Crippen molar-refractivity contribution < 1.29 is 23.8 Å². The van der Waals surface area contributed by atoms with Crippen molar-refractivity contribution in [1.29, 1.82) is 0 Å². The second kappa shape index (κ2) is 6.82. The van der Waals surface area contributed by atoms with Gasteiger partial charge in [0.15, 0.2) is 0 Å². The van der Waals surface area contributed by atoms with Crippen molar-refractivity contribution in [2.24, 2.45) is 5.92 Å². The van der Waals surface area contributed by atoms with Gasteiger partial charge in [0.05, 0.1) is 19.3 Å². The second-order valence-electron chi connectivity index (χ2n) is 4.60. The first kappa shape index (κ1) is 15.7. The van der Waals surface area contributed by atoms with Gasteiger partial charge in [-0.2, -0.15) is 0 Å². The van der Waals surface area contributed by atoms with E-state index in [9.17, 15) is 14.0 Å². The number of hydrogen-bond donors (Lipinski definition) is 2. The van der Waals surface area contributed by atoms with Gasteiger partial charge in [-0.25, -0.2) is 4.39 Å². The van der Waals surface area contributed by atoms with E-state index in [0.717, 1.165) is 0 Å². The maximum atomic E-state index is 13.5. The minimum atomic E-state index is -1.01. The van der Waals surface area contributed by atoms with Gasteiger partial charge in [0.2, 0.25) is 5.91 Å². The van der Waals surface area contributed by atoms with Crippen LogP contribution in [0.4, 0.5) is 4.39 Å². The van der Waals surface area contributed by atoms with Crippen molar-refractivity contribution in [1.82, 2.24) is 5.32 Å². The fourth-order valence-electron chi connectivity index (χ4n) is 1.98. The first-order chi connectivity index (χ1) is 9.97. The van der Waals surface area contributed by atoms with E-state index in [1.54, 1.807) is 6.07 Å². The summed E-state index contributed by atoms with van der Waals surface area (Å²) in [6.45, 7) is 0.228. The molecule has 0 aliphatic carbocycles. The molecule has 2 rings (SSSR count). The number of benzene rings is 1. The van der Waals surface area contributed by atoms with Gasteiger partial charge in [0.1, 0.15) is 11.7 Å². The number of carbonyl (C=O) groups excluding carboxylic acids is 1. The SMILES string of the molecule is O=C(C=Cc1cc(Br)ccc1F)NC1COCC1C(=O)O. The summed E-state index contributed by atoms with van der Waals surface area (Å²) in [5.74, 6) is -2.71. The number of carboxylic acids is 1. The molecular formula is C14H13BrFNO4. The third-order valence-electron chi connectivity index (χ3n) is 3.10. The zero-order valence-electron chi connectivity index (χ0n) is 10.9. The standard InChI is InChI=1S/C14H13BrFNO4/c15-9-2-3-11(16)8(5-9)1-4-13(18)17-12-7-21-6-10(12)14(19)20/h1-5,10,12H,6-7H2,(H,17,18)(H,19,20). The van der Waals surface area contributed by atoms with Crippen LogP contribution in [0, 0.1) is 11.7 Å². The van der Waals surface area contributed by atoms with Crippen LogP contribution in [0.3, 0.4) is 0 Å². The Hall–Kier alpha value is -1.73. The van der Waals surface area contributed by atoms with Crippen LogP contribution >= 0.6 is 15.9 Å². The van der Waals surface area contributed by atoms with Crippen molar-refractivity contribution >= 4 is 33.9 Å². The quantitative estimate of drug-likeness (QED) is 0.806. The van der Waals surface area contributed by atoms with Crippen LogP contribution in [-0.4, -0.2) is 36.2 Å². The molecule has 2 atom stereocenters. The fraction of sp³-hybridized carbons (Fsp3) is 0.286. The molecule has 21 heavy (non-hydrogen) atoms. The molecule has 0 saturated carbocycles. The van der Waals surface area contributed by atoms with E-state index in [1.165, 1.54) is 24.3 Å². The van der Waals surface area contributed by atoms with Gasteiger partial charge in [-0.1, -0.05) is 15.9 Å². The van der Waals surface area contributed by atoms with Crippen molar-refractivity contribution in [2.75, 3.05) is 13.2 Å². The van der Waals surface area contributed by atoms with Crippen LogP contribution in [0.15, 0.2) is 28.7 Å². The number of halogens is 2. The molecule has 1 amide bonds. The molecule has 5 nitrogen and oxygen atoms in total. The van der Waals surface area contributed by atoms with Crippen LogP contribution in [0.1, 0.15) is 5.56 Å². The summed E-state index contributed by atoms with van der Waals surface area (Å²) in [6, 6.07) is 3.80. The van der Waals surface area contributed by atoms with Gasteiger partial charge in [0, 0.05) is 16.1 Å². The Balaban J connectivity index is 2.00. The summed E-state index contributed by atoms with van der Waals surface area (Å²) < 4.78 is 19.2. The summed E-state index contributed by atoms with van der Waals surface area (Å²) in [6.07, 6.45) is 2.50. The molecule has 2 N–H and O–H groups in total. The van der Waals surface area contributed by atoms with Crippen molar-refractivity contribution in [3.63, 3.8) is 0 Å². The number of carbonyl (C=O) groups is 2. The van der Waals surface area contributed by atoms with Gasteiger partial charge in [-0.3, -0.25) is 9.59 Å². The normalized spacial score (nSPS) is 21.6. The summed E-state index contributed by atoms with van der Waals surface area (Å²) in [7, 11) is 0. The minimum absolute atomic E-state index is 0.0737. The molecule has 1 aliphatic rings. The average Bonchev–Trinajstić information content (AvgIpc) is 2.88. The van der Waals surface area contributed by atoms with Crippen molar-refractivity contribution in [2.45, 2.75) is 6.04 Å². The zero-order chi connectivity index (χ0) is 15.4.